The minimum absolute atomic E-state index is 0.660. The van der Waals surface area contributed by atoms with Crippen LogP contribution in [0.3, 0.4) is 0 Å². The van der Waals surface area contributed by atoms with Gasteiger partial charge in [-0.25, -0.2) is 0 Å². The molecule has 1 aromatic carbocycles. The summed E-state index contributed by atoms with van der Waals surface area (Å²) in [4.78, 5) is 0. The number of rotatable bonds is 7. The molecule has 0 heterocycles. The fraction of sp³-hybridized carbons (Fsp3) is 0.667. The average Bonchev–Trinajstić information content (AvgIpc) is 2.92. The van der Waals surface area contributed by atoms with Gasteiger partial charge in [0.25, 0.3) is 0 Å². The summed E-state index contributed by atoms with van der Waals surface area (Å²) in [5.74, 6) is 1.01. The first-order chi connectivity index (χ1) is 9.28. The van der Waals surface area contributed by atoms with Crippen molar-refractivity contribution in [3.05, 3.63) is 35.4 Å². The van der Waals surface area contributed by atoms with Crippen molar-refractivity contribution in [3.8, 4) is 0 Å². The van der Waals surface area contributed by atoms with Gasteiger partial charge in [-0.3, -0.25) is 0 Å². The molecule has 1 aliphatic carbocycles. The lowest BCUT2D eigenvalue weighted by Crippen LogP contribution is -2.31. The molecule has 0 amide bonds. The molecule has 1 atom stereocenters. The van der Waals surface area contributed by atoms with Gasteiger partial charge in [0.05, 0.1) is 0 Å². The molecule has 2 rings (SSSR count). The van der Waals surface area contributed by atoms with Crippen LogP contribution in [0.5, 0.6) is 0 Å². The zero-order valence-corrected chi connectivity index (χ0v) is 12.6. The van der Waals surface area contributed by atoms with Gasteiger partial charge < -0.3 is 5.32 Å². The molecule has 0 bridgehead atoms. The zero-order valence-electron chi connectivity index (χ0n) is 12.6. The second-order valence-corrected chi connectivity index (χ2v) is 6.17. The molecule has 1 aromatic rings. The molecule has 0 aromatic heterocycles. The van der Waals surface area contributed by atoms with E-state index in [0.717, 1.165) is 12.5 Å². The lowest BCUT2D eigenvalue weighted by atomic mass is 9.95. The van der Waals surface area contributed by atoms with Gasteiger partial charge in [0.2, 0.25) is 0 Å². The van der Waals surface area contributed by atoms with Crippen molar-refractivity contribution in [2.45, 2.75) is 64.8 Å². The Morgan fingerprint density at radius 1 is 1.16 bits per heavy atom. The Balaban J connectivity index is 1.82. The number of likely N-dealkylation sites (N-methyl/N-ethyl adjacent to an activating group) is 1. The predicted molar refractivity (Wildman–Crippen MR) is 83.5 cm³/mol. The molecular formula is C18H29N. The van der Waals surface area contributed by atoms with E-state index in [-0.39, 0.29) is 0 Å². The highest BCUT2D eigenvalue weighted by Gasteiger charge is 2.17. The summed E-state index contributed by atoms with van der Waals surface area (Å²) in [7, 11) is 0. The first-order valence-corrected chi connectivity index (χ1v) is 8.07. The Bertz CT molecular complexity index is 348. The molecule has 1 N–H and O–H groups in total. The summed E-state index contributed by atoms with van der Waals surface area (Å²) in [6.07, 6.45) is 9.83. The molecule has 1 aliphatic rings. The smallest absolute Gasteiger partial charge is 0.0107 e. The molecule has 1 fully saturated rings. The number of hydrogen-bond acceptors (Lipinski definition) is 1. The molecule has 1 unspecified atom stereocenters. The standard InChI is InChI=1S/C18H29N/c1-3-19-18(13-12-16-6-4-5-7-16)14-17-10-8-15(2)9-11-17/h8-11,16,18-19H,3-7,12-14H2,1-2H3. The van der Waals surface area contributed by atoms with E-state index in [9.17, 15) is 0 Å². The van der Waals surface area contributed by atoms with E-state index in [1.54, 1.807) is 0 Å². The van der Waals surface area contributed by atoms with Crippen LogP contribution in [0.2, 0.25) is 0 Å². The second-order valence-electron chi connectivity index (χ2n) is 6.17. The van der Waals surface area contributed by atoms with Crippen LogP contribution in [-0.2, 0) is 6.42 Å². The fourth-order valence-corrected chi connectivity index (χ4v) is 3.31. The van der Waals surface area contributed by atoms with Gasteiger partial charge in [0.1, 0.15) is 0 Å². The first-order valence-electron chi connectivity index (χ1n) is 8.07. The number of hydrogen-bond donors (Lipinski definition) is 1. The molecule has 0 radical (unpaired) electrons. The normalized spacial score (nSPS) is 17.8. The van der Waals surface area contributed by atoms with Crippen molar-refractivity contribution in [3.63, 3.8) is 0 Å². The second kappa shape index (κ2) is 7.69. The quantitative estimate of drug-likeness (QED) is 0.761. The average molecular weight is 259 g/mol. The predicted octanol–water partition coefficient (Wildman–Crippen LogP) is 4.49. The van der Waals surface area contributed by atoms with Crippen molar-refractivity contribution in [1.29, 1.82) is 0 Å². The van der Waals surface area contributed by atoms with Crippen LogP contribution in [0.1, 0.15) is 56.6 Å². The summed E-state index contributed by atoms with van der Waals surface area (Å²) in [6, 6.07) is 9.70. The lowest BCUT2D eigenvalue weighted by Gasteiger charge is -2.20. The highest BCUT2D eigenvalue weighted by Crippen LogP contribution is 2.29. The molecule has 1 heteroatoms. The van der Waals surface area contributed by atoms with Crippen LogP contribution < -0.4 is 5.32 Å². The number of aryl methyl sites for hydroxylation is 1. The van der Waals surface area contributed by atoms with Crippen molar-refractivity contribution in [2.75, 3.05) is 6.54 Å². The maximum Gasteiger partial charge on any atom is 0.0107 e. The number of nitrogens with one attached hydrogen (secondary N) is 1. The Hall–Kier alpha value is -0.820. The Kier molecular flexibility index (Phi) is 5.91. The molecular weight excluding hydrogens is 230 g/mol. The van der Waals surface area contributed by atoms with Gasteiger partial charge in [-0.1, -0.05) is 62.4 Å². The minimum atomic E-state index is 0.660. The van der Waals surface area contributed by atoms with Gasteiger partial charge >= 0.3 is 0 Å². The van der Waals surface area contributed by atoms with Crippen molar-refractivity contribution < 1.29 is 0 Å². The van der Waals surface area contributed by atoms with Crippen molar-refractivity contribution in [2.24, 2.45) is 5.92 Å². The molecule has 0 saturated heterocycles. The highest BCUT2D eigenvalue weighted by molar-refractivity contribution is 5.22. The third-order valence-corrected chi connectivity index (χ3v) is 4.49. The van der Waals surface area contributed by atoms with E-state index in [1.165, 1.54) is 56.1 Å². The number of benzene rings is 1. The topological polar surface area (TPSA) is 12.0 Å². The van der Waals surface area contributed by atoms with Crippen molar-refractivity contribution >= 4 is 0 Å². The summed E-state index contributed by atoms with van der Waals surface area (Å²) >= 11 is 0. The molecule has 0 spiro atoms. The van der Waals surface area contributed by atoms with Gasteiger partial charge in [-0.2, -0.15) is 0 Å². The maximum absolute atomic E-state index is 3.67. The van der Waals surface area contributed by atoms with E-state index < -0.39 is 0 Å². The van der Waals surface area contributed by atoms with Crippen LogP contribution >= 0.6 is 0 Å². The SMILES string of the molecule is CCNC(CCC1CCCC1)Cc1ccc(C)cc1. The van der Waals surface area contributed by atoms with Crippen LogP contribution in [0, 0.1) is 12.8 Å². The Morgan fingerprint density at radius 3 is 2.47 bits per heavy atom. The summed E-state index contributed by atoms with van der Waals surface area (Å²) in [5, 5.41) is 3.67. The van der Waals surface area contributed by atoms with E-state index in [4.69, 9.17) is 0 Å². The monoisotopic (exact) mass is 259 g/mol. The van der Waals surface area contributed by atoms with E-state index in [2.05, 4.69) is 43.4 Å². The van der Waals surface area contributed by atoms with Crippen LogP contribution in [-0.4, -0.2) is 12.6 Å². The first kappa shape index (κ1) is 14.6. The van der Waals surface area contributed by atoms with Crippen LogP contribution in [0.15, 0.2) is 24.3 Å². The summed E-state index contributed by atoms with van der Waals surface area (Å²) < 4.78 is 0. The van der Waals surface area contributed by atoms with Gasteiger partial charge in [0.15, 0.2) is 0 Å². The van der Waals surface area contributed by atoms with Gasteiger partial charge in [-0.15, -0.1) is 0 Å². The van der Waals surface area contributed by atoms with Gasteiger partial charge in [0, 0.05) is 6.04 Å². The third kappa shape index (κ3) is 4.99. The Labute approximate surface area is 118 Å². The van der Waals surface area contributed by atoms with E-state index in [1.807, 2.05) is 0 Å². The largest absolute Gasteiger partial charge is 0.314 e. The van der Waals surface area contributed by atoms with Crippen molar-refractivity contribution in [1.82, 2.24) is 5.32 Å². The van der Waals surface area contributed by atoms with Gasteiger partial charge in [-0.05, 0) is 44.2 Å². The molecule has 19 heavy (non-hydrogen) atoms. The summed E-state index contributed by atoms with van der Waals surface area (Å²) in [5.41, 5.74) is 2.83. The fourth-order valence-electron chi connectivity index (χ4n) is 3.31. The molecule has 1 nitrogen and oxygen atoms in total. The Morgan fingerprint density at radius 2 is 1.84 bits per heavy atom. The molecule has 0 aliphatic heterocycles. The molecule has 106 valence electrons. The van der Waals surface area contributed by atoms with E-state index in [0.29, 0.717) is 6.04 Å². The van der Waals surface area contributed by atoms with Crippen LogP contribution in [0.4, 0.5) is 0 Å². The minimum Gasteiger partial charge on any atom is -0.314 e. The van der Waals surface area contributed by atoms with Crippen LogP contribution in [0.25, 0.3) is 0 Å². The molecule has 1 saturated carbocycles. The third-order valence-electron chi connectivity index (χ3n) is 4.49. The maximum atomic E-state index is 3.67. The zero-order chi connectivity index (χ0) is 13.5. The van der Waals surface area contributed by atoms with E-state index >= 15 is 0 Å². The summed E-state index contributed by atoms with van der Waals surface area (Å²) in [6.45, 7) is 5.46. The lowest BCUT2D eigenvalue weighted by molar-refractivity contribution is 0.407. The highest BCUT2D eigenvalue weighted by atomic mass is 14.9.